The Kier molecular flexibility index (Phi) is 1.32. The molecule has 0 aliphatic heterocycles. The van der Waals surface area contributed by atoms with Crippen LogP contribution in [-0.2, 0) is 0 Å². The molecule has 0 bridgehead atoms. The van der Waals surface area contributed by atoms with Gasteiger partial charge in [-0.05, 0) is 29.8 Å². The number of rotatable bonds is 0. The molecule has 0 fully saturated rings. The summed E-state index contributed by atoms with van der Waals surface area (Å²) in [5.41, 5.74) is 2.83. The minimum absolute atomic E-state index is 0.825. The molecule has 0 spiro atoms. The summed E-state index contributed by atoms with van der Waals surface area (Å²) in [4.78, 5) is 0. The topological polar surface area (TPSA) is 30.7 Å². The van der Waals surface area contributed by atoms with E-state index in [4.69, 9.17) is 11.8 Å². The Hall–Kier alpha value is -1.09. The lowest BCUT2D eigenvalue weighted by atomic mass is 10.2. The van der Waals surface area contributed by atoms with E-state index in [1.165, 1.54) is 4.20 Å². The van der Waals surface area contributed by atoms with Gasteiger partial charge in [0.05, 0.1) is 0 Å². The first kappa shape index (κ1) is 6.61. The Morgan fingerprint density at radius 2 is 2.27 bits per heavy atom. The second-order valence-electron chi connectivity index (χ2n) is 2.44. The highest BCUT2D eigenvalue weighted by Crippen LogP contribution is 2.12. The average molecular weight is 168 g/mol. The monoisotopic (exact) mass is 167 g/mol. The van der Waals surface area contributed by atoms with Crippen LogP contribution in [0.15, 0.2) is 18.2 Å². The summed E-state index contributed by atoms with van der Waals surface area (Å²) in [5.74, 6) is 0. The van der Waals surface area contributed by atoms with E-state index in [1.807, 2.05) is 25.1 Å². The van der Waals surface area contributed by atoms with Gasteiger partial charge in [-0.3, -0.25) is 0 Å². The summed E-state index contributed by atoms with van der Waals surface area (Å²) in [7, 11) is 0. The molecular weight excluding hydrogens is 162 g/mol. The van der Waals surface area contributed by atoms with Gasteiger partial charge in [0, 0.05) is 11.8 Å². The molecule has 0 aliphatic rings. The van der Waals surface area contributed by atoms with Gasteiger partial charge in [-0.15, -0.1) is 5.10 Å². The summed E-state index contributed by atoms with van der Waals surface area (Å²) in [6.45, 7) is 2.00. The van der Waals surface area contributed by atoms with Crippen molar-refractivity contribution >= 4 is 22.8 Å². The van der Waals surface area contributed by atoms with Crippen molar-refractivity contribution in [3.05, 3.63) is 23.8 Å². The van der Waals surface area contributed by atoms with Crippen molar-refractivity contribution in [2.75, 3.05) is 0 Å². The summed E-state index contributed by atoms with van der Waals surface area (Å²) < 4.78 is 1.25. The molecule has 0 atom stereocenters. The molecule has 1 heterocycles. The predicted molar refractivity (Wildman–Crippen MR) is 43.5 cm³/mol. The summed E-state index contributed by atoms with van der Waals surface area (Å²) >= 11 is 5.69. The van der Waals surface area contributed by atoms with Gasteiger partial charge in [-0.2, -0.15) is 4.20 Å². The van der Waals surface area contributed by atoms with Crippen LogP contribution in [0.5, 0.6) is 0 Å². The molecule has 0 saturated heterocycles. The quantitative estimate of drug-likeness (QED) is 0.599. The van der Waals surface area contributed by atoms with Crippen molar-refractivity contribution in [2.24, 2.45) is 0 Å². The second-order valence-corrected chi connectivity index (χ2v) is 2.76. The lowest BCUT2D eigenvalue weighted by Gasteiger charge is -1.90. The zero-order valence-corrected chi connectivity index (χ0v) is 6.71. The highest BCUT2D eigenvalue weighted by Gasteiger charge is 2.00. The Morgan fingerprint density at radius 3 is 3.09 bits per heavy atom. The van der Waals surface area contributed by atoms with Crippen molar-refractivity contribution in [1.29, 1.82) is 0 Å². The normalized spacial score (nSPS) is 10.7. The van der Waals surface area contributed by atoms with Crippen molar-refractivity contribution in [3.8, 4) is 0 Å². The fourth-order valence-electron chi connectivity index (χ4n) is 1.00. The smallest absolute Gasteiger partial charge is 0.114 e. The minimum Gasteiger partial charge on any atom is -0.152 e. The van der Waals surface area contributed by atoms with Crippen LogP contribution < -0.4 is 0 Å². The molecule has 2 aromatic rings. The van der Waals surface area contributed by atoms with Gasteiger partial charge in [0.15, 0.2) is 0 Å². The first-order valence-electron chi connectivity index (χ1n) is 3.25. The molecule has 0 N–H and O–H groups in total. The number of fused-ring (bicyclic) bond motifs is 1. The van der Waals surface area contributed by atoms with Gasteiger partial charge in [0.2, 0.25) is 0 Å². The van der Waals surface area contributed by atoms with Crippen molar-refractivity contribution in [1.82, 2.24) is 14.5 Å². The van der Waals surface area contributed by atoms with Crippen molar-refractivity contribution in [3.63, 3.8) is 0 Å². The number of halogens is 1. The van der Waals surface area contributed by atoms with Crippen LogP contribution in [0.4, 0.5) is 0 Å². The van der Waals surface area contributed by atoms with Gasteiger partial charge in [0.1, 0.15) is 11.0 Å². The zero-order valence-electron chi connectivity index (χ0n) is 5.95. The highest BCUT2D eigenvalue weighted by molar-refractivity contribution is 6.17. The third-order valence-corrected chi connectivity index (χ3v) is 1.81. The number of hydrogen-bond acceptors (Lipinski definition) is 2. The van der Waals surface area contributed by atoms with E-state index in [0.29, 0.717) is 0 Å². The number of nitrogens with zero attached hydrogens (tertiary/aromatic N) is 3. The summed E-state index contributed by atoms with van der Waals surface area (Å²) in [6.07, 6.45) is 0. The molecule has 0 unspecified atom stereocenters. The van der Waals surface area contributed by atoms with Crippen LogP contribution in [0.3, 0.4) is 0 Å². The molecule has 1 aromatic carbocycles. The molecule has 1 aromatic heterocycles. The number of aromatic nitrogens is 3. The standard InChI is InChI=1S/C7H6ClN3/c1-5-2-3-6-7(4-5)11(8)10-9-6/h2-4H,1H3. The maximum Gasteiger partial charge on any atom is 0.114 e. The highest BCUT2D eigenvalue weighted by atomic mass is 35.5. The van der Waals surface area contributed by atoms with E-state index in [0.717, 1.165) is 16.6 Å². The second kappa shape index (κ2) is 2.20. The van der Waals surface area contributed by atoms with Gasteiger partial charge < -0.3 is 0 Å². The average Bonchev–Trinajstić information content (AvgIpc) is 2.33. The summed E-state index contributed by atoms with van der Waals surface area (Å²) in [5, 5.41) is 7.51. The van der Waals surface area contributed by atoms with E-state index in [1.54, 1.807) is 0 Å². The molecule has 0 aliphatic carbocycles. The molecule has 3 nitrogen and oxygen atoms in total. The third kappa shape index (κ3) is 0.973. The van der Waals surface area contributed by atoms with Crippen LogP contribution >= 0.6 is 11.8 Å². The van der Waals surface area contributed by atoms with Gasteiger partial charge in [-0.25, -0.2) is 0 Å². The van der Waals surface area contributed by atoms with Crippen LogP contribution in [-0.4, -0.2) is 14.5 Å². The van der Waals surface area contributed by atoms with E-state index < -0.39 is 0 Å². The first-order chi connectivity index (χ1) is 5.27. The molecule has 0 amide bonds. The van der Waals surface area contributed by atoms with E-state index in [9.17, 15) is 0 Å². The van der Waals surface area contributed by atoms with Crippen LogP contribution in [0.2, 0.25) is 0 Å². The summed E-state index contributed by atoms with van der Waals surface area (Å²) in [6, 6.07) is 5.83. The fourth-order valence-corrected chi connectivity index (χ4v) is 1.17. The maximum absolute atomic E-state index is 5.69. The van der Waals surface area contributed by atoms with Crippen molar-refractivity contribution in [2.45, 2.75) is 6.92 Å². The first-order valence-corrected chi connectivity index (χ1v) is 3.59. The number of hydrogen-bond donors (Lipinski definition) is 0. The van der Waals surface area contributed by atoms with Gasteiger partial charge >= 0.3 is 0 Å². The van der Waals surface area contributed by atoms with E-state index >= 15 is 0 Å². The molecule has 4 heteroatoms. The Morgan fingerprint density at radius 1 is 1.45 bits per heavy atom. The third-order valence-electron chi connectivity index (χ3n) is 1.56. The maximum atomic E-state index is 5.69. The van der Waals surface area contributed by atoms with E-state index in [2.05, 4.69) is 10.3 Å². The Labute approximate surface area is 68.7 Å². The fraction of sp³-hybridized carbons (Fsp3) is 0.143. The molecule has 56 valence electrons. The van der Waals surface area contributed by atoms with Crippen molar-refractivity contribution < 1.29 is 0 Å². The molecular formula is C7H6ClN3. The van der Waals surface area contributed by atoms with E-state index in [-0.39, 0.29) is 0 Å². The zero-order chi connectivity index (χ0) is 7.84. The Bertz CT molecular complexity index is 393. The van der Waals surface area contributed by atoms with Gasteiger partial charge in [0.25, 0.3) is 0 Å². The molecule has 0 saturated carbocycles. The largest absolute Gasteiger partial charge is 0.152 e. The van der Waals surface area contributed by atoms with Crippen LogP contribution in [0, 0.1) is 6.92 Å². The SMILES string of the molecule is Cc1ccc2nnn(Cl)c2c1. The molecule has 2 rings (SSSR count). The van der Waals surface area contributed by atoms with Gasteiger partial charge in [-0.1, -0.05) is 6.07 Å². The Balaban J connectivity index is 2.87. The number of benzene rings is 1. The lowest BCUT2D eigenvalue weighted by Crippen LogP contribution is -1.81. The van der Waals surface area contributed by atoms with Crippen LogP contribution in [0.25, 0.3) is 11.0 Å². The van der Waals surface area contributed by atoms with Crippen LogP contribution in [0.1, 0.15) is 5.56 Å². The molecule has 0 radical (unpaired) electrons. The predicted octanol–water partition coefficient (Wildman–Crippen LogP) is 1.74. The number of aryl methyl sites for hydroxylation is 1. The molecule has 11 heavy (non-hydrogen) atoms. The minimum atomic E-state index is 0.825. The lowest BCUT2D eigenvalue weighted by molar-refractivity contribution is 0.899.